The van der Waals surface area contributed by atoms with Crippen molar-refractivity contribution in [2.45, 2.75) is 26.8 Å². The topological polar surface area (TPSA) is 83.4 Å². The van der Waals surface area contributed by atoms with Gasteiger partial charge in [-0.3, -0.25) is 14.2 Å². The Balaban J connectivity index is 1.78. The molecule has 136 valence electrons. The second kappa shape index (κ2) is 7.92. The van der Waals surface area contributed by atoms with E-state index in [0.29, 0.717) is 16.9 Å². The molecule has 0 saturated carbocycles. The van der Waals surface area contributed by atoms with Crippen molar-refractivity contribution in [3.05, 3.63) is 16.7 Å². The minimum atomic E-state index is -0.201. The van der Waals surface area contributed by atoms with Crippen molar-refractivity contribution in [3.8, 4) is 0 Å². The standard InChI is InChI=1S/C16H24N6O2S/c1-3-5-17-12(23)10-22-11-18-14-13(15(22)24)25-16(19-14)21-8-6-20(4-2)7-9-21/h11H,3-10H2,1-2H3,(H,17,23). The predicted octanol–water partition coefficient (Wildman–Crippen LogP) is 0.521. The quantitative estimate of drug-likeness (QED) is 0.805. The highest BCUT2D eigenvalue weighted by Crippen LogP contribution is 2.26. The van der Waals surface area contributed by atoms with E-state index in [2.05, 4.69) is 32.0 Å². The van der Waals surface area contributed by atoms with Crippen molar-refractivity contribution in [2.75, 3.05) is 44.2 Å². The fourth-order valence-electron chi connectivity index (χ4n) is 2.81. The second-order valence-electron chi connectivity index (χ2n) is 6.10. The van der Waals surface area contributed by atoms with Crippen molar-refractivity contribution in [1.29, 1.82) is 0 Å². The third-order valence-electron chi connectivity index (χ3n) is 4.35. The number of likely N-dealkylation sites (N-methyl/N-ethyl adjacent to an activating group) is 1. The summed E-state index contributed by atoms with van der Waals surface area (Å²) in [5.74, 6) is -0.175. The van der Waals surface area contributed by atoms with Gasteiger partial charge in [0.1, 0.15) is 17.6 Å². The number of thiazole rings is 1. The highest BCUT2D eigenvalue weighted by Gasteiger charge is 2.20. The zero-order valence-electron chi connectivity index (χ0n) is 14.7. The minimum absolute atomic E-state index is 0.00974. The number of anilines is 1. The SMILES string of the molecule is CCCNC(=O)Cn1cnc2nc(N3CCN(CC)CC3)sc2c1=O. The van der Waals surface area contributed by atoms with Crippen LogP contribution in [-0.2, 0) is 11.3 Å². The number of rotatable bonds is 6. The maximum absolute atomic E-state index is 12.6. The number of piperazine rings is 1. The number of fused-ring (bicyclic) bond motifs is 1. The van der Waals surface area contributed by atoms with Crippen LogP contribution in [0.15, 0.2) is 11.1 Å². The molecule has 1 N–H and O–H groups in total. The van der Waals surface area contributed by atoms with Crippen molar-refractivity contribution >= 4 is 32.7 Å². The molecule has 3 rings (SSSR count). The monoisotopic (exact) mass is 364 g/mol. The molecule has 0 aromatic carbocycles. The zero-order valence-corrected chi connectivity index (χ0v) is 15.5. The molecular weight excluding hydrogens is 340 g/mol. The van der Waals surface area contributed by atoms with E-state index in [0.717, 1.165) is 44.3 Å². The molecule has 9 heteroatoms. The molecule has 0 spiro atoms. The van der Waals surface area contributed by atoms with Crippen LogP contribution in [0.4, 0.5) is 5.13 Å². The van der Waals surface area contributed by atoms with Gasteiger partial charge in [-0.25, -0.2) is 4.98 Å². The summed E-state index contributed by atoms with van der Waals surface area (Å²) in [5, 5.41) is 3.61. The number of carbonyl (C=O) groups excluding carboxylic acids is 1. The van der Waals surface area contributed by atoms with E-state index in [1.165, 1.54) is 22.2 Å². The lowest BCUT2D eigenvalue weighted by atomic mass is 10.3. The summed E-state index contributed by atoms with van der Waals surface area (Å²) in [6, 6.07) is 0. The Hall–Kier alpha value is -2.00. The van der Waals surface area contributed by atoms with E-state index in [1.807, 2.05) is 6.92 Å². The first-order valence-corrected chi connectivity index (χ1v) is 9.54. The minimum Gasteiger partial charge on any atom is -0.355 e. The lowest BCUT2D eigenvalue weighted by Gasteiger charge is -2.33. The van der Waals surface area contributed by atoms with Gasteiger partial charge in [0.05, 0.1) is 0 Å². The van der Waals surface area contributed by atoms with E-state index in [9.17, 15) is 9.59 Å². The molecule has 0 bridgehead atoms. The Bertz CT molecular complexity index is 794. The molecule has 25 heavy (non-hydrogen) atoms. The highest BCUT2D eigenvalue weighted by atomic mass is 32.1. The average molecular weight is 364 g/mol. The van der Waals surface area contributed by atoms with Gasteiger partial charge in [0, 0.05) is 32.7 Å². The van der Waals surface area contributed by atoms with E-state index in [1.54, 1.807) is 0 Å². The first kappa shape index (κ1) is 17.8. The summed E-state index contributed by atoms with van der Waals surface area (Å²) < 4.78 is 1.86. The maximum Gasteiger partial charge on any atom is 0.273 e. The Kier molecular flexibility index (Phi) is 5.64. The van der Waals surface area contributed by atoms with Gasteiger partial charge in [-0.15, -0.1) is 0 Å². The van der Waals surface area contributed by atoms with Crippen molar-refractivity contribution in [1.82, 2.24) is 24.8 Å². The van der Waals surface area contributed by atoms with E-state index < -0.39 is 0 Å². The highest BCUT2D eigenvalue weighted by molar-refractivity contribution is 7.22. The second-order valence-corrected chi connectivity index (χ2v) is 7.08. The third-order valence-corrected chi connectivity index (χ3v) is 5.44. The molecule has 3 heterocycles. The summed E-state index contributed by atoms with van der Waals surface area (Å²) in [4.78, 5) is 37.9. The molecule has 1 fully saturated rings. The van der Waals surface area contributed by atoms with Gasteiger partial charge >= 0.3 is 0 Å². The summed E-state index contributed by atoms with van der Waals surface area (Å²) in [5.41, 5.74) is 0.265. The van der Waals surface area contributed by atoms with Gasteiger partial charge < -0.3 is 15.1 Å². The number of hydrogen-bond donors (Lipinski definition) is 1. The van der Waals surface area contributed by atoms with Gasteiger partial charge in [0.25, 0.3) is 5.56 Å². The number of carbonyl (C=O) groups is 1. The Morgan fingerprint density at radius 3 is 2.72 bits per heavy atom. The number of nitrogens with zero attached hydrogens (tertiary/aromatic N) is 5. The number of aromatic nitrogens is 3. The van der Waals surface area contributed by atoms with Gasteiger partial charge in [0.2, 0.25) is 5.91 Å². The predicted molar refractivity (Wildman–Crippen MR) is 99.3 cm³/mol. The van der Waals surface area contributed by atoms with Crippen LogP contribution in [0.1, 0.15) is 20.3 Å². The molecule has 1 aliphatic rings. The van der Waals surface area contributed by atoms with Crippen LogP contribution in [0.3, 0.4) is 0 Å². The molecule has 1 saturated heterocycles. The normalized spacial score (nSPS) is 15.7. The van der Waals surface area contributed by atoms with Crippen LogP contribution in [0.2, 0.25) is 0 Å². The third kappa shape index (κ3) is 3.98. The van der Waals surface area contributed by atoms with Gasteiger partial charge in [0.15, 0.2) is 10.8 Å². The Labute approximate surface area is 150 Å². The van der Waals surface area contributed by atoms with Crippen LogP contribution in [0.5, 0.6) is 0 Å². The van der Waals surface area contributed by atoms with E-state index >= 15 is 0 Å². The zero-order chi connectivity index (χ0) is 17.8. The molecule has 0 radical (unpaired) electrons. The fourth-order valence-corrected chi connectivity index (χ4v) is 3.83. The molecule has 8 nitrogen and oxygen atoms in total. The molecule has 0 aliphatic carbocycles. The molecule has 1 amide bonds. The maximum atomic E-state index is 12.6. The first-order chi connectivity index (χ1) is 12.1. The molecular formula is C16H24N6O2S. The lowest BCUT2D eigenvalue weighted by Crippen LogP contribution is -2.46. The Morgan fingerprint density at radius 1 is 1.28 bits per heavy atom. The smallest absolute Gasteiger partial charge is 0.273 e. The number of hydrogen-bond acceptors (Lipinski definition) is 7. The summed E-state index contributed by atoms with van der Waals surface area (Å²) in [7, 11) is 0. The van der Waals surface area contributed by atoms with Crippen LogP contribution >= 0.6 is 11.3 Å². The summed E-state index contributed by atoms with van der Waals surface area (Å²) >= 11 is 1.37. The lowest BCUT2D eigenvalue weighted by molar-refractivity contribution is -0.121. The molecule has 0 unspecified atom stereocenters. The van der Waals surface area contributed by atoms with Crippen LogP contribution < -0.4 is 15.8 Å². The molecule has 2 aromatic rings. The largest absolute Gasteiger partial charge is 0.355 e. The molecule has 1 aliphatic heterocycles. The fraction of sp³-hybridized carbons (Fsp3) is 0.625. The average Bonchev–Trinajstić information content (AvgIpc) is 3.07. The van der Waals surface area contributed by atoms with Crippen molar-refractivity contribution in [2.24, 2.45) is 0 Å². The van der Waals surface area contributed by atoms with Crippen molar-refractivity contribution < 1.29 is 4.79 Å². The van der Waals surface area contributed by atoms with Crippen LogP contribution in [0, 0.1) is 0 Å². The van der Waals surface area contributed by atoms with Crippen molar-refractivity contribution in [3.63, 3.8) is 0 Å². The van der Waals surface area contributed by atoms with Gasteiger partial charge in [-0.1, -0.05) is 25.2 Å². The van der Waals surface area contributed by atoms with Gasteiger partial charge in [-0.2, -0.15) is 4.98 Å². The van der Waals surface area contributed by atoms with Crippen LogP contribution in [-0.4, -0.2) is 64.6 Å². The summed E-state index contributed by atoms with van der Waals surface area (Å²) in [6.45, 7) is 9.61. The van der Waals surface area contributed by atoms with E-state index in [4.69, 9.17) is 0 Å². The van der Waals surface area contributed by atoms with Gasteiger partial charge in [-0.05, 0) is 13.0 Å². The van der Waals surface area contributed by atoms with Crippen LogP contribution in [0.25, 0.3) is 10.3 Å². The number of nitrogens with one attached hydrogen (secondary N) is 1. The Morgan fingerprint density at radius 2 is 2.04 bits per heavy atom. The molecule has 0 atom stereocenters. The van der Waals surface area contributed by atoms with E-state index in [-0.39, 0.29) is 18.0 Å². The summed E-state index contributed by atoms with van der Waals surface area (Å²) in [6.07, 6.45) is 2.27. The number of amides is 1. The first-order valence-electron chi connectivity index (χ1n) is 8.72. The molecule has 2 aromatic heterocycles.